The lowest BCUT2D eigenvalue weighted by Crippen LogP contribution is -2.42. The highest BCUT2D eigenvalue weighted by Crippen LogP contribution is 2.41. The maximum atomic E-state index is 13.0. The van der Waals surface area contributed by atoms with Crippen LogP contribution >= 0.6 is 11.6 Å². The van der Waals surface area contributed by atoms with Crippen LogP contribution in [0.3, 0.4) is 0 Å². The molecule has 4 rings (SSSR count). The molecule has 0 unspecified atom stereocenters. The van der Waals surface area contributed by atoms with Crippen LogP contribution < -0.4 is 10.9 Å². The minimum Gasteiger partial charge on any atom is -0.351 e. The smallest absolute Gasteiger partial charge is 0.255 e. The van der Waals surface area contributed by atoms with Crippen LogP contribution in [0.25, 0.3) is 10.8 Å². The number of halogens is 1. The Labute approximate surface area is 168 Å². The molecule has 28 heavy (non-hydrogen) atoms. The SMILES string of the molecule is O=C(NCC1(c2ccccc2Cl)CCCCC1)c1c[nH]c(=O)c2ccccc12. The van der Waals surface area contributed by atoms with Crippen LogP contribution in [0.2, 0.25) is 5.02 Å². The Morgan fingerprint density at radius 1 is 1.00 bits per heavy atom. The number of benzene rings is 2. The van der Waals surface area contributed by atoms with E-state index in [1.807, 2.05) is 30.3 Å². The van der Waals surface area contributed by atoms with Gasteiger partial charge in [-0.15, -0.1) is 0 Å². The number of rotatable bonds is 4. The number of aromatic nitrogens is 1. The van der Waals surface area contributed by atoms with Crippen LogP contribution in [0.4, 0.5) is 0 Å². The van der Waals surface area contributed by atoms with Gasteiger partial charge in [0.2, 0.25) is 0 Å². The molecule has 3 aromatic rings. The van der Waals surface area contributed by atoms with Gasteiger partial charge in [-0.25, -0.2) is 0 Å². The molecule has 5 heteroatoms. The predicted molar refractivity (Wildman–Crippen MR) is 113 cm³/mol. The minimum absolute atomic E-state index is 0.149. The van der Waals surface area contributed by atoms with Gasteiger partial charge in [-0.1, -0.05) is 67.3 Å². The lowest BCUT2D eigenvalue weighted by molar-refractivity contribution is 0.0938. The van der Waals surface area contributed by atoms with Crippen LogP contribution in [0, 0.1) is 0 Å². The van der Waals surface area contributed by atoms with Crippen molar-refractivity contribution in [1.29, 1.82) is 0 Å². The Hall–Kier alpha value is -2.59. The van der Waals surface area contributed by atoms with Gasteiger partial charge in [0.25, 0.3) is 11.5 Å². The lowest BCUT2D eigenvalue weighted by Gasteiger charge is -2.38. The number of amides is 1. The van der Waals surface area contributed by atoms with E-state index in [0.29, 0.717) is 22.9 Å². The number of carbonyl (C=O) groups excluding carboxylic acids is 1. The highest BCUT2D eigenvalue weighted by molar-refractivity contribution is 6.31. The van der Waals surface area contributed by atoms with Crippen molar-refractivity contribution in [2.75, 3.05) is 6.54 Å². The molecule has 1 aliphatic rings. The minimum atomic E-state index is -0.188. The summed E-state index contributed by atoms with van der Waals surface area (Å²) >= 11 is 6.52. The van der Waals surface area contributed by atoms with Crippen molar-refractivity contribution in [1.82, 2.24) is 10.3 Å². The van der Waals surface area contributed by atoms with Gasteiger partial charge >= 0.3 is 0 Å². The van der Waals surface area contributed by atoms with Crippen molar-refractivity contribution >= 4 is 28.3 Å². The molecule has 0 bridgehead atoms. The number of carbonyl (C=O) groups is 1. The molecular weight excluding hydrogens is 372 g/mol. The molecule has 1 aliphatic carbocycles. The first-order valence-corrected chi connectivity index (χ1v) is 10.1. The summed E-state index contributed by atoms with van der Waals surface area (Å²) in [6.07, 6.45) is 6.98. The van der Waals surface area contributed by atoms with Crippen LogP contribution in [-0.2, 0) is 5.41 Å². The second-order valence-corrected chi connectivity index (χ2v) is 7.99. The Balaban J connectivity index is 1.64. The van der Waals surface area contributed by atoms with E-state index in [1.165, 1.54) is 12.6 Å². The maximum Gasteiger partial charge on any atom is 0.255 e. The highest BCUT2D eigenvalue weighted by Gasteiger charge is 2.35. The third kappa shape index (κ3) is 3.45. The number of fused-ring (bicyclic) bond motifs is 1. The fourth-order valence-corrected chi connectivity index (χ4v) is 4.74. The molecule has 2 aromatic carbocycles. The van der Waals surface area contributed by atoms with Crippen LogP contribution in [0.5, 0.6) is 0 Å². The van der Waals surface area contributed by atoms with Crippen molar-refractivity contribution in [2.45, 2.75) is 37.5 Å². The molecule has 1 saturated carbocycles. The number of nitrogens with one attached hydrogen (secondary N) is 2. The fourth-order valence-electron chi connectivity index (χ4n) is 4.40. The van der Waals surface area contributed by atoms with Crippen molar-refractivity contribution < 1.29 is 4.79 Å². The number of hydrogen-bond donors (Lipinski definition) is 2. The summed E-state index contributed by atoms with van der Waals surface area (Å²) in [5.74, 6) is -0.176. The Bertz CT molecular complexity index is 1070. The van der Waals surface area contributed by atoms with Gasteiger partial charge in [-0.05, 0) is 30.5 Å². The molecule has 0 atom stereocenters. The van der Waals surface area contributed by atoms with E-state index in [-0.39, 0.29) is 16.9 Å². The maximum absolute atomic E-state index is 13.0. The van der Waals surface area contributed by atoms with Crippen molar-refractivity contribution in [3.05, 3.63) is 81.2 Å². The Morgan fingerprint density at radius 2 is 1.68 bits per heavy atom. The third-order valence-electron chi connectivity index (χ3n) is 5.90. The zero-order valence-electron chi connectivity index (χ0n) is 15.6. The fraction of sp³-hybridized carbons (Fsp3) is 0.304. The van der Waals surface area contributed by atoms with Crippen molar-refractivity contribution in [3.63, 3.8) is 0 Å². The molecule has 1 amide bonds. The number of pyridine rings is 1. The Kier molecular flexibility index (Phi) is 5.23. The first-order chi connectivity index (χ1) is 13.6. The summed E-state index contributed by atoms with van der Waals surface area (Å²) in [7, 11) is 0. The van der Waals surface area contributed by atoms with E-state index in [9.17, 15) is 9.59 Å². The Morgan fingerprint density at radius 3 is 2.43 bits per heavy atom. The van der Waals surface area contributed by atoms with Crippen molar-refractivity contribution in [3.8, 4) is 0 Å². The highest BCUT2D eigenvalue weighted by atomic mass is 35.5. The molecule has 2 N–H and O–H groups in total. The zero-order valence-corrected chi connectivity index (χ0v) is 16.4. The van der Waals surface area contributed by atoms with Crippen LogP contribution in [0.1, 0.15) is 48.0 Å². The normalized spacial score (nSPS) is 16.0. The summed E-state index contributed by atoms with van der Waals surface area (Å²) in [6, 6.07) is 15.1. The van der Waals surface area contributed by atoms with Gasteiger partial charge in [0.05, 0.1) is 5.56 Å². The molecule has 1 fully saturated rings. The molecule has 1 aromatic heterocycles. The standard InChI is InChI=1S/C23H23ClN2O2/c24-20-11-5-4-10-19(20)23(12-6-1-7-13-23)15-26-22(28)18-14-25-21(27)17-9-3-2-8-16(17)18/h2-5,8-11,14H,1,6-7,12-13,15H2,(H,25,27)(H,26,28). The molecule has 1 heterocycles. The summed E-state index contributed by atoms with van der Waals surface area (Å²) < 4.78 is 0. The topological polar surface area (TPSA) is 62.0 Å². The van der Waals surface area contributed by atoms with E-state index in [2.05, 4.69) is 16.4 Å². The molecule has 0 radical (unpaired) electrons. The van der Waals surface area contributed by atoms with E-state index < -0.39 is 0 Å². The summed E-state index contributed by atoms with van der Waals surface area (Å²) in [4.78, 5) is 27.7. The summed E-state index contributed by atoms with van der Waals surface area (Å²) in [5, 5.41) is 5.07. The third-order valence-corrected chi connectivity index (χ3v) is 6.23. The molecule has 0 aliphatic heterocycles. The molecule has 0 saturated heterocycles. The average Bonchev–Trinajstić information content (AvgIpc) is 2.73. The molecular formula is C23H23ClN2O2. The number of aromatic amines is 1. The monoisotopic (exact) mass is 394 g/mol. The summed E-state index contributed by atoms with van der Waals surface area (Å²) in [5.41, 5.74) is 1.26. The van der Waals surface area contributed by atoms with E-state index in [4.69, 9.17) is 11.6 Å². The van der Waals surface area contributed by atoms with Gasteiger partial charge < -0.3 is 10.3 Å². The summed E-state index contributed by atoms with van der Waals surface area (Å²) in [6.45, 7) is 0.531. The van der Waals surface area contributed by atoms with Crippen LogP contribution in [0.15, 0.2) is 59.5 Å². The molecule has 4 nitrogen and oxygen atoms in total. The number of hydrogen-bond acceptors (Lipinski definition) is 2. The van der Waals surface area contributed by atoms with E-state index >= 15 is 0 Å². The van der Waals surface area contributed by atoms with E-state index in [0.717, 1.165) is 36.3 Å². The molecule has 144 valence electrons. The van der Waals surface area contributed by atoms with Gasteiger partial charge in [0.15, 0.2) is 0 Å². The quantitative estimate of drug-likeness (QED) is 0.666. The van der Waals surface area contributed by atoms with Crippen molar-refractivity contribution in [2.24, 2.45) is 0 Å². The van der Waals surface area contributed by atoms with E-state index in [1.54, 1.807) is 12.1 Å². The first kappa shape index (κ1) is 18.8. The lowest BCUT2D eigenvalue weighted by atomic mass is 9.69. The average molecular weight is 395 g/mol. The number of H-pyrrole nitrogens is 1. The van der Waals surface area contributed by atoms with Gasteiger partial charge in [0.1, 0.15) is 0 Å². The van der Waals surface area contributed by atoms with Gasteiger partial charge in [-0.3, -0.25) is 9.59 Å². The molecule has 0 spiro atoms. The predicted octanol–water partition coefficient (Wildman–Crippen LogP) is 4.81. The van der Waals surface area contributed by atoms with Gasteiger partial charge in [-0.2, -0.15) is 0 Å². The first-order valence-electron chi connectivity index (χ1n) is 9.74. The van der Waals surface area contributed by atoms with Crippen LogP contribution in [-0.4, -0.2) is 17.4 Å². The largest absolute Gasteiger partial charge is 0.351 e. The second-order valence-electron chi connectivity index (χ2n) is 7.58. The second kappa shape index (κ2) is 7.80. The zero-order chi connectivity index (χ0) is 19.6. The van der Waals surface area contributed by atoms with Gasteiger partial charge in [0, 0.05) is 34.0 Å².